The SMILES string of the molecule is O=C(NCC1CCC2(COCCN(Cc3ccc(=O)[nH]c3)C2)O1)c1cccnc1.O=C(O)C(F)(F)F.O=C(O)C(F)(F)F. The van der Waals surface area contributed by atoms with Gasteiger partial charge in [0.1, 0.15) is 5.60 Å². The minimum absolute atomic E-state index is 0.0350. The molecule has 18 heteroatoms. The highest BCUT2D eigenvalue weighted by atomic mass is 19.4. The molecule has 2 fully saturated rings. The fraction of sp³-hybridized carbons (Fsp3) is 0.480. The summed E-state index contributed by atoms with van der Waals surface area (Å²) in [6.45, 7) is 3.98. The van der Waals surface area contributed by atoms with Gasteiger partial charge in [-0.3, -0.25) is 19.5 Å². The number of pyridine rings is 2. The van der Waals surface area contributed by atoms with Crippen molar-refractivity contribution in [1.82, 2.24) is 20.2 Å². The van der Waals surface area contributed by atoms with Gasteiger partial charge in [0, 0.05) is 50.8 Å². The van der Waals surface area contributed by atoms with Crippen molar-refractivity contribution < 1.29 is 60.4 Å². The Morgan fingerprint density at radius 1 is 1.09 bits per heavy atom. The number of halogens is 6. The number of aliphatic carboxylic acids is 2. The number of alkyl halides is 6. The van der Waals surface area contributed by atoms with E-state index in [4.69, 9.17) is 29.3 Å². The Hall–Kier alpha value is -4.03. The van der Waals surface area contributed by atoms with E-state index in [2.05, 4.69) is 20.2 Å². The van der Waals surface area contributed by atoms with Crippen LogP contribution < -0.4 is 10.9 Å². The third-order valence-corrected chi connectivity index (χ3v) is 5.92. The highest BCUT2D eigenvalue weighted by Crippen LogP contribution is 2.33. The average molecular weight is 627 g/mol. The molecule has 2 aromatic heterocycles. The number of ether oxygens (including phenoxy) is 2. The van der Waals surface area contributed by atoms with Gasteiger partial charge in [-0.05, 0) is 30.5 Å². The van der Waals surface area contributed by atoms with Gasteiger partial charge in [-0.2, -0.15) is 26.3 Å². The van der Waals surface area contributed by atoms with Crippen molar-refractivity contribution in [2.24, 2.45) is 0 Å². The summed E-state index contributed by atoms with van der Waals surface area (Å²) in [4.78, 5) is 50.3. The molecule has 0 aromatic carbocycles. The number of hydrogen-bond donors (Lipinski definition) is 4. The second-order valence-electron chi connectivity index (χ2n) is 9.34. The second-order valence-corrected chi connectivity index (χ2v) is 9.34. The van der Waals surface area contributed by atoms with Crippen LogP contribution >= 0.6 is 0 Å². The molecule has 1 amide bonds. The lowest BCUT2D eigenvalue weighted by molar-refractivity contribution is -0.193. The number of carbonyl (C=O) groups is 3. The first-order valence-electron chi connectivity index (χ1n) is 12.4. The molecule has 12 nitrogen and oxygen atoms in total. The van der Waals surface area contributed by atoms with Crippen LogP contribution in [0.15, 0.2) is 47.7 Å². The summed E-state index contributed by atoms with van der Waals surface area (Å²) in [7, 11) is 0. The molecule has 2 unspecified atom stereocenters. The third kappa shape index (κ3) is 12.4. The number of hydrogen-bond acceptors (Lipinski definition) is 8. The molecule has 4 N–H and O–H groups in total. The molecule has 2 aliphatic heterocycles. The van der Waals surface area contributed by atoms with Crippen molar-refractivity contribution in [2.45, 2.75) is 43.4 Å². The van der Waals surface area contributed by atoms with E-state index in [1.54, 1.807) is 36.8 Å². The van der Waals surface area contributed by atoms with Gasteiger partial charge in [0.05, 0.1) is 24.9 Å². The molecule has 2 atom stereocenters. The predicted molar refractivity (Wildman–Crippen MR) is 134 cm³/mol. The first-order chi connectivity index (χ1) is 20.0. The predicted octanol–water partition coefficient (Wildman–Crippen LogP) is 2.22. The standard InChI is InChI=1S/C21H26N4O4.2C2HF3O2/c26-19-4-3-16(10-23-19)13-25-8-9-28-15-21(14-25)6-5-18(29-21)12-24-20(27)17-2-1-7-22-11-17;2*3-2(4,5)1(6)7/h1-4,7,10-11,18H,5-6,8-9,12-15H2,(H,23,26)(H,24,27);2*(H,6,7). The summed E-state index contributed by atoms with van der Waals surface area (Å²) in [5, 5.41) is 17.2. The summed E-state index contributed by atoms with van der Waals surface area (Å²) in [6, 6.07) is 6.89. The van der Waals surface area contributed by atoms with Gasteiger partial charge >= 0.3 is 24.3 Å². The zero-order valence-electron chi connectivity index (χ0n) is 22.3. The maximum Gasteiger partial charge on any atom is 0.490 e. The molecule has 0 bridgehead atoms. The monoisotopic (exact) mass is 626 g/mol. The van der Waals surface area contributed by atoms with Crippen LogP contribution in [0.5, 0.6) is 0 Å². The fourth-order valence-electron chi connectivity index (χ4n) is 3.99. The van der Waals surface area contributed by atoms with E-state index in [9.17, 15) is 35.9 Å². The number of carbonyl (C=O) groups excluding carboxylic acids is 1. The Kier molecular flexibility index (Phi) is 12.6. The van der Waals surface area contributed by atoms with Crippen LogP contribution in [0.2, 0.25) is 0 Å². The summed E-state index contributed by atoms with van der Waals surface area (Å²) in [5.41, 5.74) is 1.15. The highest BCUT2D eigenvalue weighted by molar-refractivity contribution is 5.93. The van der Waals surface area contributed by atoms with Gasteiger partial charge in [-0.25, -0.2) is 9.59 Å². The first-order valence-corrected chi connectivity index (χ1v) is 12.4. The number of nitrogens with one attached hydrogen (secondary N) is 2. The Labute approximate surface area is 239 Å². The van der Waals surface area contributed by atoms with Crippen LogP contribution in [0.4, 0.5) is 26.3 Å². The molecule has 2 saturated heterocycles. The fourth-order valence-corrected chi connectivity index (χ4v) is 3.99. The number of aromatic nitrogens is 2. The molecule has 43 heavy (non-hydrogen) atoms. The number of carboxylic acids is 2. The number of H-pyrrole nitrogens is 1. The summed E-state index contributed by atoms with van der Waals surface area (Å²) >= 11 is 0. The Balaban J connectivity index is 0.000000384. The van der Waals surface area contributed by atoms with E-state index >= 15 is 0 Å². The van der Waals surface area contributed by atoms with E-state index in [0.29, 0.717) is 25.3 Å². The topological polar surface area (TPSA) is 171 Å². The summed E-state index contributed by atoms with van der Waals surface area (Å²) in [6.07, 6.45) is -3.47. The Bertz CT molecular complexity index is 1230. The number of aromatic amines is 1. The second kappa shape index (κ2) is 15.4. The molecule has 4 heterocycles. The van der Waals surface area contributed by atoms with E-state index < -0.39 is 24.3 Å². The third-order valence-electron chi connectivity index (χ3n) is 5.92. The van der Waals surface area contributed by atoms with E-state index in [1.807, 2.05) is 6.07 Å². The molecule has 0 radical (unpaired) electrons. The van der Waals surface area contributed by atoms with Crippen molar-refractivity contribution >= 4 is 17.8 Å². The lowest BCUT2D eigenvalue weighted by Gasteiger charge is -2.32. The van der Waals surface area contributed by atoms with Crippen molar-refractivity contribution in [2.75, 3.05) is 32.8 Å². The van der Waals surface area contributed by atoms with Gasteiger partial charge in [-0.1, -0.05) is 6.07 Å². The summed E-state index contributed by atoms with van der Waals surface area (Å²) in [5.74, 6) is -5.65. The van der Waals surface area contributed by atoms with Gasteiger partial charge in [0.25, 0.3) is 5.91 Å². The Morgan fingerprint density at radius 3 is 2.28 bits per heavy atom. The number of carboxylic acid groups (broad SMARTS) is 2. The molecule has 0 saturated carbocycles. The molecular formula is C25H28F6N4O8. The van der Waals surface area contributed by atoms with E-state index in [-0.39, 0.29) is 23.2 Å². The largest absolute Gasteiger partial charge is 0.490 e. The molecular weight excluding hydrogens is 598 g/mol. The zero-order chi connectivity index (χ0) is 32.3. The van der Waals surface area contributed by atoms with E-state index in [1.165, 1.54) is 0 Å². The number of nitrogens with zero attached hydrogens (tertiary/aromatic N) is 2. The molecule has 238 valence electrons. The summed E-state index contributed by atoms with van der Waals surface area (Å²) < 4.78 is 75.7. The quantitative estimate of drug-likeness (QED) is 0.361. The van der Waals surface area contributed by atoms with Crippen molar-refractivity contribution in [3.8, 4) is 0 Å². The lowest BCUT2D eigenvalue weighted by atomic mass is 10.00. The van der Waals surface area contributed by atoms with Crippen LogP contribution in [0.3, 0.4) is 0 Å². The van der Waals surface area contributed by atoms with Crippen molar-refractivity contribution in [3.05, 3.63) is 64.3 Å². The van der Waals surface area contributed by atoms with Gasteiger partial charge in [0.15, 0.2) is 0 Å². The van der Waals surface area contributed by atoms with Gasteiger partial charge in [0.2, 0.25) is 5.56 Å². The molecule has 4 rings (SSSR count). The Morgan fingerprint density at radius 2 is 1.74 bits per heavy atom. The maximum atomic E-state index is 12.2. The molecule has 2 aliphatic rings. The average Bonchev–Trinajstić information content (AvgIpc) is 3.22. The lowest BCUT2D eigenvalue weighted by Crippen LogP contribution is -2.45. The van der Waals surface area contributed by atoms with E-state index in [0.717, 1.165) is 38.0 Å². The highest BCUT2D eigenvalue weighted by Gasteiger charge is 2.43. The van der Waals surface area contributed by atoms with Crippen LogP contribution in [0, 0.1) is 0 Å². The minimum Gasteiger partial charge on any atom is -0.475 e. The zero-order valence-corrected chi connectivity index (χ0v) is 22.3. The smallest absolute Gasteiger partial charge is 0.475 e. The van der Waals surface area contributed by atoms with Crippen molar-refractivity contribution in [1.29, 1.82) is 0 Å². The molecule has 0 aliphatic carbocycles. The van der Waals surface area contributed by atoms with Gasteiger partial charge in [-0.15, -0.1) is 0 Å². The van der Waals surface area contributed by atoms with Crippen LogP contribution in [-0.2, 0) is 25.6 Å². The minimum atomic E-state index is -5.08. The molecule has 2 aromatic rings. The van der Waals surface area contributed by atoms with Crippen LogP contribution in [0.25, 0.3) is 0 Å². The first kappa shape index (κ1) is 35.2. The molecule has 1 spiro atoms. The van der Waals surface area contributed by atoms with Crippen LogP contribution in [0.1, 0.15) is 28.8 Å². The maximum absolute atomic E-state index is 12.2. The normalized spacial score (nSPS) is 20.6. The van der Waals surface area contributed by atoms with Gasteiger partial charge < -0.3 is 30.0 Å². The van der Waals surface area contributed by atoms with Crippen molar-refractivity contribution in [3.63, 3.8) is 0 Å². The number of rotatable bonds is 5. The van der Waals surface area contributed by atoms with Crippen LogP contribution in [-0.4, -0.2) is 99.8 Å². The number of amides is 1.